The molecule has 1 aromatic carbocycles. The lowest BCUT2D eigenvalue weighted by molar-refractivity contribution is 0.0720. The summed E-state index contributed by atoms with van der Waals surface area (Å²) in [6.07, 6.45) is 2.01. The first-order valence-corrected chi connectivity index (χ1v) is 6.45. The van der Waals surface area contributed by atoms with E-state index in [2.05, 4.69) is 36.5 Å². The van der Waals surface area contributed by atoms with Gasteiger partial charge in [0.15, 0.2) is 0 Å². The topological polar surface area (TPSA) is 47.3 Å². The zero-order valence-corrected chi connectivity index (χ0v) is 10.5. The molecular weight excluding hydrogens is 212 g/mol. The average molecular weight is 234 g/mol. The largest absolute Gasteiger partial charge is 0.379 e. The van der Waals surface area contributed by atoms with E-state index in [-0.39, 0.29) is 6.04 Å². The van der Waals surface area contributed by atoms with Gasteiger partial charge in [-0.2, -0.15) is 0 Å². The van der Waals surface area contributed by atoms with Crippen molar-refractivity contribution in [3.05, 3.63) is 35.4 Å². The summed E-state index contributed by atoms with van der Waals surface area (Å²) in [6, 6.07) is 9.12. The van der Waals surface area contributed by atoms with E-state index in [4.69, 9.17) is 10.5 Å². The summed E-state index contributed by atoms with van der Waals surface area (Å²) in [5, 5.41) is 3.44. The van der Waals surface area contributed by atoms with E-state index < -0.39 is 0 Å². The summed E-state index contributed by atoms with van der Waals surface area (Å²) in [5.41, 5.74) is 8.80. The van der Waals surface area contributed by atoms with Crippen LogP contribution >= 0.6 is 0 Å². The molecule has 1 aliphatic heterocycles. The van der Waals surface area contributed by atoms with Crippen LogP contribution in [0.25, 0.3) is 0 Å². The zero-order chi connectivity index (χ0) is 12.1. The smallest absolute Gasteiger partial charge is 0.0620 e. The van der Waals surface area contributed by atoms with Crippen LogP contribution in [0.1, 0.15) is 30.5 Å². The Morgan fingerprint density at radius 2 is 2.18 bits per heavy atom. The molecule has 0 saturated carbocycles. The van der Waals surface area contributed by atoms with E-state index in [1.807, 2.05) is 0 Å². The molecule has 1 aliphatic rings. The molecule has 1 aromatic rings. The second-order valence-corrected chi connectivity index (χ2v) is 4.66. The molecule has 3 nitrogen and oxygen atoms in total. The van der Waals surface area contributed by atoms with E-state index in [1.165, 1.54) is 11.1 Å². The highest BCUT2D eigenvalue weighted by Gasteiger charge is 2.17. The number of aryl methyl sites for hydroxylation is 1. The fourth-order valence-corrected chi connectivity index (χ4v) is 2.21. The number of hydrogen-bond donors (Lipinski definition) is 2. The third-order valence-electron chi connectivity index (χ3n) is 3.35. The standard InChI is InChI=1S/C14H22N2O/c1-2-11-3-5-12(6-4-11)14(15)9-13-10-17-8-7-16-13/h3-6,13-14,16H,2,7-10,15H2,1H3. The van der Waals surface area contributed by atoms with E-state index in [9.17, 15) is 0 Å². The quantitative estimate of drug-likeness (QED) is 0.832. The molecule has 2 unspecified atom stereocenters. The molecule has 1 fully saturated rings. The Labute approximate surface area is 103 Å². The summed E-state index contributed by atoms with van der Waals surface area (Å²) < 4.78 is 5.44. The first-order valence-electron chi connectivity index (χ1n) is 6.45. The minimum absolute atomic E-state index is 0.0973. The molecule has 0 bridgehead atoms. The van der Waals surface area contributed by atoms with Gasteiger partial charge in [0.1, 0.15) is 0 Å². The van der Waals surface area contributed by atoms with Gasteiger partial charge in [-0.15, -0.1) is 0 Å². The third kappa shape index (κ3) is 3.53. The summed E-state index contributed by atoms with van der Waals surface area (Å²) in [5.74, 6) is 0. The van der Waals surface area contributed by atoms with Crippen LogP contribution in [0.4, 0.5) is 0 Å². The average Bonchev–Trinajstić information content (AvgIpc) is 2.40. The highest BCUT2D eigenvalue weighted by atomic mass is 16.5. The monoisotopic (exact) mass is 234 g/mol. The summed E-state index contributed by atoms with van der Waals surface area (Å²) in [4.78, 5) is 0. The minimum Gasteiger partial charge on any atom is -0.379 e. The second kappa shape index (κ2) is 6.15. The van der Waals surface area contributed by atoms with Gasteiger partial charge >= 0.3 is 0 Å². The highest BCUT2D eigenvalue weighted by Crippen LogP contribution is 2.17. The SMILES string of the molecule is CCc1ccc(C(N)CC2COCCN2)cc1. The molecule has 2 rings (SSSR count). The van der Waals surface area contributed by atoms with E-state index in [1.54, 1.807) is 0 Å². The highest BCUT2D eigenvalue weighted by molar-refractivity contribution is 5.24. The van der Waals surface area contributed by atoms with Crippen molar-refractivity contribution in [2.45, 2.75) is 31.8 Å². The van der Waals surface area contributed by atoms with Gasteiger partial charge in [0, 0.05) is 18.6 Å². The fourth-order valence-electron chi connectivity index (χ4n) is 2.21. The predicted molar refractivity (Wildman–Crippen MR) is 70.0 cm³/mol. The van der Waals surface area contributed by atoms with Crippen molar-refractivity contribution < 1.29 is 4.74 Å². The predicted octanol–water partition coefficient (Wildman–Crippen LogP) is 1.63. The summed E-state index contributed by atoms with van der Waals surface area (Å²) >= 11 is 0. The maximum absolute atomic E-state index is 6.22. The fraction of sp³-hybridized carbons (Fsp3) is 0.571. The van der Waals surface area contributed by atoms with Gasteiger partial charge in [0.25, 0.3) is 0 Å². The van der Waals surface area contributed by atoms with Crippen LogP contribution in [-0.4, -0.2) is 25.8 Å². The Bertz CT molecular complexity index is 331. The number of nitrogens with one attached hydrogen (secondary N) is 1. The van der Waals surface area contributed by atoms with Crippen molar-refractivity contribution in [3.8, 4) is 0 Å². The number of nitrogens with two attached hydrogens (primary N) is 1. The van der Waals surface area contributed by atoms with Gasteiger partial charge in [-0.25, -0.2) is 0 Å². The number of ether oxygens (including phenoxy) is 1. The third-order valence-corrected chi connectivity index (χ3v) is 3.35. The van der Waals surface area contributed by atoms with E-state index >= 15 is 0 Å². The molecule has 3 heteroatoms. The Kier molecular flexibility index (Phi) is 4.54. The van der Waals surface area contributed by atoms with Crippen molar-refractivity contribution in [2.24, 2.45) is 5.73 Å². The lowest BCUT2D eigenvalue weighted by atomic mass is 9.98. The van der Waals surface area contributed by atoms with Crippen molar-refractivity contribution >= 4 is 0 Å². The normalized spacial score (nSPS) is 22.4. The Balaban J connectivity index is 1.91. The molecule has 3 N–H and O–H groups in total. The molecule has 0 aliphatic carbocycles. The number of hydrogen-bond acceptors (Lipinski definition) is 3. The van der Waals surface area contributed by atoms with Crippen LogP contribution in [0, 0.1) is 0 Å². The van der Waals surface area contributed by atoms with Crippen molar-refractivity contribution in [2.75, 3.05) is 19.8 Å². The molecule has 17 heavy (non-hydrogen) atoms. The van der Waals surface area contributed by atoms with Crippen LogP contribution in [0.15, 0.2) is 24.3 Å². The van der Waals surface area contributed by atoms with Crippen LogP contribution < -0.4 is 11.1 Å². The van der Waals surface area contributed by atoms with Gasteiger partial charge < -0.3 is 15.8 Å². The number of morpholine rings is 1. The van der Waals surface area contributed by atoms with E-state index in [0.717, 1.165) is 32.6 Å². The van der Waals surface area contributed by atoms with Crippen LogP contribution in [0.5, 0.6) is 0 Å². The number of rotatable bonds is 4. The minimum atomic E-state index is 0.0973. The van der Waals surface area contributed by atoms with Crippen LogP contribution in [0.2, 0.25) is 0 Å². The number of benzene rings is 1. The molecule has 2 atom stereocenters. The van der Waals surface area contributed by atoms with Crippen molar-refractivity contribution in [3.63, 3.8) is 0 Å². The van der Waals surface area contributed by atoms with Crippen molar-refractivity contribution in [1.82, 2.24) is 5.32 Å². The molecule has 94 valence electrons. The molecule has 0 amide bonds. The molecular formula is C14H22N2O. The lowest BCUT2D eigenvalue weighted by Crippen LogP contribution is -2.42. The Morgan fingerprint density at radius 1 is 1.41 bits per heavy atom. The van der Waals surface area contributed by atoms with Gasteiger partial charge in [-0.05, 0) is 24.0 Å². The summed E-state index contributed by atoms with van der Waals surface area (Å²) in [6.45, 7) is 4.70. The van der Waals surface area contributed by atoms with Gasteiger partial charge in [-0.1, -0.05) is 31.2 Å². The molecule has 0 aromatic heterocycles. The Morgan fingerprint density at radius 3 is 2.76 bits per heavy atom. The van der Waals surface area contributed by atoms with Gasteiger partial charge in [0.2, 0.25) is 0 Å². The molecule has 0 spiro atoms. The van der Waals surface area contributed by atoms with Crippen LogP contribution in [0.3, 0.4) is 0 Å². The lowest BCUT2D eigenvalue weighted by Gasteiger charge is -2.26. The van der Waals surface area contributed by atoms with Crippen LogP contribution in [-0.2, 0) is 11.2 Å². The first-order chi connectivity index (χ1) is 8.29. The maximum Gasteiger partial charge on any atom is 0.0620 e. The van der Waals surface area contributed by atoms with Gasteiger partial charge in [-0.3, -0.25) is 0 Å². The first kappa shape index (κ1) is 12.6. The molecule has 1 heterocycles. The second-order valence-electron chi connectivity index (χ2n) is 4.66. The summed E-state index contributed by atoms with van der Waals surface area (Å²) in [7, 11) is 0. The van der Waals surface area contributed by atoms with Crippen molar-refractivity contribution in [1.29, 1.82) is 0 Å². The van der Waals surface area contributed by atoms with Gasteiger partial charge in [0.05, 0.1) is 13.2 Å². The molecule has 1 saturated heterocycles. The maximum atomic E-state index is 6.22. The Hall–Kier alpha value is -0.900. The zero-order valence-electron chi connectivity index (χ0n) is 10.5. The van der Waals surface area contributed by atoms with E-state index in [0.29, 0.717) is 6.04 Å². The molecule has 0 radical (unpaired) electrons.